The molecule has 1 unspecified atom stereocenters. The lowest BCUT2D eigenvalue weighted by atomic mass is 9.94. The van der Waals surface area contributed by atoms with Crippen molar-refractivity contribution in [3.05, 3.63) is 0 Å². The van der Waals surface area contributed by atoms with Gasteiger partial charge < -0.3 is 19.5 Å². The number of ether oxygens (including phenoxy) is 2. The molecule has 0 fully saturated rings. The SMILES string of the molecule is CCCCCCCCC(CCCCCC)C(=O)OCCCCCCN(CCO)CCCCCCOC=O. The summed E-state index contributed by atoms with van der Waals surface area (Å²) in [7, 11) is 0. The van der Waals surface area contributed by atoms with Gasteiger partial charge in [-0.1, -0.05) is 104 Å². The first kappa shape index (κ1) is 35.9. The van der Waals surface area contributed by atoms with Gasteiger partial charge in [0.2, 0.25) is 0 Å². The standard InChI is InChI=1S/C31H61NO5/c1-3-5-7-9-10-16-22-30(21-15-8-6-4-2)31(35)37-28-20-14-12-18-24-32(25-26-33)23-17-11-13-19-27-36-29-34/h29-30,33H,3-28H2,1-2H3. The van der Waals surface area contributed by atoms with Gasteiger partial charge in [0.25, 0.3) is 6.47 Å². The Morgan fingerprint density at radius 3 is 1.73 bits per heavy atom. The molecule has 0 spiro atoms. The van der Waals surface area contributed by atoms with E-state index in [4.69, 9.17) is 9.47 Å². The molecule has 1 N–H and O–H groups in total. The first-order valence-electron chi connectivity index (χ1n) is 15.7. The van der Waals surface area contributed by atoms with Crippen molar-refractivity contribution >= 4 is 12.4 Å². The normalized spacial score (nSPS) is 12.1. The van der Waals surface area contributed by atoms with Crippen molar-refractivity contribution < 1.29 is 24.2 Å². The fourth-order valence-electron chi connectivity index (χ4n) is 4.85. The highest BCUT2D eigenvalue weighted by Gasteiger charge is 2.19. The summed E-state index contributed by atoms with van der Waals surface area (Å²) in [6.07, 6.45) is 22.9. The first-order valence-corrected chi connectivity index (χ1v) is 15.7. The topological polar surface area (TPSA) is 76.1 Å². The summed E-state index contributed by atoms with van der Waals surface area (Å²) in [5, 5.41) is 9.35. The summed E-state index contributed by atoms with van der Waals surface area (Å²) in [5.74, 6) is 0.129. The fraction of sp³-hybridized carbons (Fsp3) is 0.935. The lowest BCUT2D eigenvalue weighted by Gasteiger charge is -2.21. The highest BCUT2D eigenvalue weighted by atomic mass is 16.5. The van der Waals surface area contributed by atoms with Crippen LogP contribution in [0.5, 0.6) is 0 Å². The van der Waals surface area contributed by atoms with Crippen molar-refractivity contribution in [2.75, 3.05) is 39.5 Å². The molecule has 0 rings (SSSR count). The zero-order valence-corrected chi connectivity index (χ0v) is 24.6. The van der Waals surface area contributed by atoms with Crippen molar-refractivity contribution in [3.63, 3.8) is 0 Å². The van der Waals surface area contributed by atoms with Crippen LogP contribution in [0.3, 0.4) is 0 Å². The number of hydrogen-bond donors (Lipinski definition) is 1. The number of aliphatic hydroxyl groups excluding tert-OH is 1. The summed E-state index contributed by atoms with van der Waals surface area (Å²) in [6.45, 7) is 8.98. The molecule has 6 nitrogen and oxygen atoms in total. The van der Waals surface area contributed by atoms with E-state index in [0.29, 0.717) is 19.7 Å². The minimum atomic E-state index is 0.0388. The Labute approximate surface area is 229 Å². The Bertz CT molecular complexity index is 488. The Kier molecular flexibility index (Phi) is 28.5. The molecular weight excluding hydrogens is 466 g/mol. The Morgan fingerprint density at radius 1 is 0.676 bits per heavy atom. The molecule has 0 saturated heterocycles. The quantitative estimate of drug-likeness (QED) is 0.0594. The van der Waals surface area contributed by atoms with E-state index in [1.54, 1.807) is 0 Å². The molecule has 6 heteroatoms. The van der Waals surface area contributed by atoms with E-state index >= 15 is 0 Å². The van der Waals surface area contributed by atoms with Crippen LogP contribution in [0.25, 0.3) is 0 Å². The van der Waals surface area contributed by atoms with Gasteiger partial charge in [0, 0.05) is 6.54 Å². The minimum Gasteiger partial charge on any atom is -0.468 e. The van der Waals surface area contributed by atoms with Gasteiger partial charge >= 0.3 is 5.97 Å². The number of carbonyl (C=O) groups is 2. The molecule has 37 heavy (non-hydrogen) atoms. The van der Waals surface area contributed by atoms with Gasteiger partial charge in [-0.15, -0.1) is 0 Å². The molecule has 0 heterocycles. The smallest absolute Gasteiger partial charge is 0.308 e. The van der Waals surface area contributed by atoms with Gasteiger partial charge in [0.15, 0.2) is 0 Å². The number of hydrogen-bond acceptors (Lipinski definition) is 6. The third-order valence-electron chi connectivity index (χ3n) is 7.23. The van der Waals surface area contributed by atoms with Gasteiger partial charge in [-0.3, -0.25) is 9.59 Å². The number of carbonyl (C=O) groups excluding carboxylic acids is 2. The summed E-state index contributed by atoms with van der Waals surface area (Å²) >= 11 is 0. The van der Waals surface area contributed by atoms with Gasteiger partial charge in [0.1, 0.15) is 0 Å². The molecule has 0 aliphatic carbocycles. The molecule has 0 aliphatic rings. The summed E-state index contributed by atoms with van der Waals surface area (Å²) in [6, 6.07) is 0. The predicted molar refractivity (Wildman–Crippen MR) is 154 cm³/mol. The van der Waals surface area contributed by atoms with Gasteiger partial charge in [-0.05, 0) is 51.6 Å². The van der Waals surface area contributed by atoms with Crippen LogP contribution in [0.15, 0.2) is 0 Å². The van der Waals surface area contributed by atoms with Crippen molar-refractivity contribution in [3.8, 4) is 0 Å². The molecule has 220 valence electrons. The molecule has 1 atom stereocenters. The maximum atomic E-state index is 12.7. The van der Waals surface area contributed by atoms with Crippen LogP contribution in [0, 0.1) is 5.92 Å². The van der Waals surface area contributed by atoms with Gasteiger partial charge in [-0.25, -0.2) is 0 Å². The minimum absolute atomic E-state index is 0.0388. The maximum absolute atomic E-state index is 12.7. The van der Waals surface area contributed by atoms with E-state index in [2.05, 4.69) is 18.7 Å². The average molecular weight is 528 g/mol. The molecule has 0 aromatic rings. The van der Waals surface area contributed by atoms with Crippen molar-refractivity contribution in [1.29, 1.82) is 0 Å². The Balaban J connectivity index is 4.01. The summed E-state index contributed by atoms with van der Waals surface area (Å²) in [4.78, 5) is 25.2. The zero-order valence-electron chi connectivity index (χ0n) is 24.6. The van der Waals surface area contributed by atoms with Crippen LogP contribution in [0.4, 0.5) is 0 Å². The Hall–Kier alpha value is -1.14. The highest BCUT2D eigenvalue weighted by molar-refractivity contribution is 5.72. The predicted octanol–water partition coefficient (Wildman–Crippen LogP) is 7.45. The monoisotopic (exact) mass is 527 g/mol. The van der Waals surface area contributed by atoms with E-state index < -0.39 is 0 Å². The number of unbranched alkanes of at least 4 members (excludes halogenated alkanes) is 14. The van der Waals surface area contributed by atoms with Crippen LogP contribution >= 0.6 is 0 Å². The van der Waals surface area contributed by atoms with Crippen molar-refractivity contribution in [2.24, 2.45) is 5.92 Å². The van der Waals surface area contributed by atoms with E-state index in [9.17, 15) is 14.7 Å². The van der Waals surface area contributed by atoms with Crippen molar-refractivity contribution in [2.45, 2.75) is 142 Å². The second kappa shape index (κ2) is 29.4. The van der Waals surface area contributed by atoms with Crippen LogP contribution in [0.1, 0.15) is 142 Å². The number of aliphatic hydroxyl groups is 1. The van der Waals surface area contributed by atoms with Gasteiger partial charge in [0.05, 0.1) is 25.7 Å². The van der Waals surface area contributed by atoms with Crippen LogP contribution in [0.2, 0.25) is 0 Å². The lowest BCUT2D eigenvalue weighted by molar-refractivity contribution is -0.149. The van der Waals surface area contributed by atoms with E-state index in [-0.39, 0.29) is 18.5 Å². The number of nitrogens with zero attached hydrogens (tertiary/aromatic N) is 1. The maximum Gasteiger partial charge on any atom is 0.308 e. The largest absolute Gasteiger partial charge is 0.468 e. The number of esters is 1. The molecule has 0 aromatic carbocycles. The van der Waals surface area contributed by atoms with E-state index in [1.165, 1.54) is 51.4 Å². The molecule has 0 saturated carbocycles. The van der Waals surface area contributed by atoms with Crippen LogP contribution in [-0.2, 0) is 19.1 Å². The lowest BCUT2D eigenvalue weighted by Crippen LogP contribution is -2.29. The molecule has 0 aliphatic heterocycles. The summed E-state index contributed by atoms with van der Waals surface area (Å²) in [5.41, 5.74) is 0. The first-order chi connectivity index (χ1) is 18.2. The second-order valence-electron chi connectivity index (χ2n) is 10.6. The average Bonchev–Trinajstić information content (AvgIpc) is 2.90. The van der Waals surface area contributed by atoms with E-state index in [1.807, 2.05) is 0 Å². The third kappa shape index (κ3) is 24.9. The summed E-state index contributed by atoms with van der Waals surface area (Å²) < 4.78 is 10.4. The number of rotatable bonds is 30. The van der Waals surface area contributed by atoms with E-state index in [0.717, 1.165) is 96.7 Å². The Morgan fingerprint density at radius 2 is 1.16 bits per heavy atom. The molecule has 0 aromatic heterocycles. The second-order valence-corrected chi connectivity index (χ2v) is 10.6. The molecule has 0 bridgehead atoms. The zero-order chi connectivity index (χ0) is 27.2. The highest BCUT2D eigenvalue weighted by Crippen LogP contribution is 2.20. The van der Waals surface area contributed by atoms with Crippen LogP contribution < -0.4 is 0 Å². The molecular formula is C31H61NO5. The van der Waals surface area contributed by atoms with Crippen molar-refractivity contribution in [1.82, 2.24) is 4.90 Å². The molecule has 0 amide bonds. The third-order valence-corrected chi connectivity index (χ3v) is 7.23. The molecule has 0 radical (unpaired) electrons. The van der Waals surface area contributed by atoms with Crippen LogP contribution in [-0.4, -0.2) is 61.9 Å². The van der Waals surface area contributed by atoms with Gasteiger partial charge in [-0.2, -0.15) is 0 Å². The fourth-order valence-corrected chi connectivity index (χ4v) is 4.85.